The molecule has 1 unspecified atom stereocenters. The first-order chi connectivity index (χ1) is 14.7. The van der Waals surface area contributed by atoms with Crippen molar-refractivity contribution in [2.75, 3.05) is 18.1 Å². The Bertz CT molecular complexity index is 1150. The molecule has 0 N–H and O–H groups in total. The van der Waals surface area contributed by atoms with E-state index in [1.807, 2.05) is 53.9 Å². The number of carbonyl (C=O) groups is 1. The molecule has 0 aliphatic carbocycles. The second-order valence-corrected chi connectivity index (χ2v) is 8.97. The van der Waals surface area contributed by atoms with Gasteiger partial charge in [0.2, 0.25) is 0 Å². The lowest BCUT2D eigenvalue weighted by Crippen LogP contribution is -2.37. The largest absolute Gasteiger partial charge is 0.451 e. The smallest absolute Gasteiger partial charge is 0.295 e. The first kappa shape index (κ1) is 19.5. The second kappa shape index (κ2) is 8.34. The lowest BCUT2D eigenvalue weighted by Gasteiger charge is -2.22. The average molecular weight is 483 g/mol. The molecule has 0 saturated carbocycles. The number of thiazole rings is 1. The molecule has 1 amide bonds. The van der Waals surface area contributed by atoms with E-state index < -0.39 is 0 Å². The van der Waals surface area contributed by atoms with Gasteiger partial charge in [-0.15, -0.1) is 11.3 Å². The molecule has 1 aliphatic rings. The number of aromatic nitrogens is 1. The number of carbonyl (C=O) groups excluding carboxylic acids is 1. The van der Waals surface area contributed by atoms with Crippen molar-refractivity contribution in [1.82, 2.24) is 4.98 Å². The van der Waals surface area contributed by atoms with E-state index in [2.05, 4.69) is 15.9 Å². The Hall–Kier alpha value is -2.48. The van der Waals surface area contributed by atoms with E-state index in [-0.39, 0.29) is 12.0 Å². The van der Waals surface area contributed by atoms with E-state index in [4.69, 9.17) is 14.1 Å². The summed E-state index contributed by atoms with van der Waals surface area (Å²) in [6, 6.07) is 17.4. The molecule has 2 aromatic carbocycles. The fraction of sp³-hybridized carbons (Fsp3) is 0.217. The number of nitrogens with zero attached hydrogens (tertiary/aromatic N) is 2. The molecule has 4 aromatic rings. The van der Waals surface area contributed by atoms with Gasteiger partial charge in [0.05, 0.1) is 18.3 Å². The van der Waals surface area contributed by atoms with Crippen LogP contribution in [0.1, 0.15) is 23.4 Å². The van der Waals surface area contributed by atoms with Crippen molar-refractivity contribution in [2.45, 2.75) is 18.9 Å². The summed E-state index contributed by atoms with van der Waals surface area (Å²) in [5, 5.41) is 3.54. The SMILES string of the molecule is O=C(c1cc2ccccc2o1)N(CC1CCCO1)c1nc(-c2ccc(Br)cc2)cs1. The van der Waals surface area contributed by atoms with Crippen LogP contribution in [0.15, 0.2) is 68.9 Å². The number of ether oxygens (including phenoxy) is 1. The molecule has 1 saturated heterocycles. The van der Waals surface area contributed by atoms with Gasteiger partial charge in [-0.3, -0.25) is 9.69 Å². The van der Waals surface area contributed by atoms with Crippen LogP contribution in [0.25, 0.3) is 22.2 Å². The highest BCUT2D eigenvalue weighted by Crippen LogP contribution is 2.31. The minimum Gasteiger partial charge on any atom is -0.451 e. The van der Waals surface area contributed by atoms with Crippen LogP contribution in [0, 0.1) is 0 Å². The number of rotatable bonds is 5. The van der Waals surface area contributed by atoms with Crippen LogP contribution in [0.3, 0.4) is 0 Å². The Morgan fingerprint density at radius 3 is 2.80 bits per heavy atom. The Kier molecular flexibility index (Phi) is 5.41. The zero-order valence-electron chi connectivity index (χ0n) is 16.1. The van der Waals surface area contributed by atoms with Gasteiger partial charge in [0.15, 0.2) is 10.9 Å². The van der Waals surface area contributed by atoms with Crippen molar-refractivity contribution >= 4 is 49.3 Å². The van der Waals surface area contributed by atoms with Gasteiger partial charge >= 0.3 is 0 Å². The number of benzene rings is 2. The zero-order valence-corrected chi connectivity index (χ0v) is 18.5. The number of para-hydroxylation sites is 1. The fourth-order valence-corrected chi connectivity index (χ4v) is 4.71. The van der Waals surface area contributed by atoms with Crippen molar-refractivity contribution in [3.8, 4) is 11.3 Å². The van der Waals surface area contributed by atoms with Crippen LogP contribution in [0.2, 0.25) is 0 Å². The first-order valence-electron chi connectivity index (χ1n) is 9.81. The quantitative estimate of drug-likeness (QED) is 0.342. The minimum atomic E-state index is -0.196. The molecule has 0 bridgehead atoms. The third kappa shape index (κ3) is 3.93. The summed E-state index contributed by atoms with van der Waals surface area (Å²) >= 11 is 4.91. The third-order valence-electron chi connectivity index (χ3n) is 5.15. The summed E-state index contributed by atoms with van der Waals surface area (Å²) < 4.78 is 12.7. The Morgan fingerprint density at radius 1 is 1.20 bits per heavy atom. The lowest BCUT2D eigenvalue weighted by atomic mass is 10.2. The van der Waals surface area contributed by atoms with Gasteiger partial charge in [-0.05, 0) is 37.1 Å². The standard InChI is InChI=1S/C23H19BrN2O3S/c24-17-9-7-15(8-10-17)19-14-30-23(25-19)26(13-18-5-3-11-28-18)22(27)21-12-16-4-1-2-6-20(16)29-21/h1-2,4,6-10,12,14,18H,3,5,11,13H2. The van der Waals surface area contributed by atoms with Crippen molar-refractivity contribution < 1.29 is 13.9 Å². The summed E-state index contributed by atoms with van der Waals surface area (Å²) in [6.07, 6.45) is 1.96. The molecule has 152 valence electrons. The molecule has 0 spiro atoms. The molecule has 0 radical (unpaired) electrons. The Labute approximate surface area is 186 Å². The molecule has 3 heterocycles. The van der Waals surface area contributed by atoms with Crippen LogP contribution in [0.4, 0.5) is 5.13 Å². The maximum atomic E-state index is 13.4. The molecule has 5 rings (SSSR count). The summed E-state index contributed by atoms with van der Waals surface area (Å²) in [5.41, 5.74) is 2.55. The maximum absolute atomic E-state index is 13.4. The normalized spacial score (nSPS) is 16.2. The number of furan rings is 1. The predicted molar refractivity (Wildman–Crippen MR) is 122 cm³/mol. The topological polar surface area (TPSA) is 55.6 Å². The monoisotopic (exact) mass is 482 g/mol. The lowest BCUT2D eigenvalue weighted by molar-refractivity contribution is 0.0896. The summed E-state index contributed by atoms with van der Waals surface area (Å²) in [4.78, 5) is 19.9. The molecule has 1 aliphatic heterocycles. The summed E-state index contributed by atoms with van der Waals surface area (Å²) in [5.74, 6) is 0.119. The number of hydrogen-bond donors (Lipinski definition) is 0. The van der Waals surface area contributed by atoms with Crippen molar-refractivity contribution in [3.05, 3.63) is 70.2 Å². The highest BCUT2D eigenvalue weighted by molar-refractivity contribution is 9.10. The van der Waals surface area contributed by atoms with Crippen molar-refractivity contribution in [3.63, 3.8) is 0 Å². The summed E-state index contributed by atoms with van der Waals surface area (Å²) in [6.45, 7) is 1.20. The van der Waals surface area contributed by atoms with Crippen LogP contribution in [-0.2, 0) is 4.74 Å². The number of hydrogen-bond acceptors (Lipinski definition) is 5. The maximum Gasteiger partial charge on any atom is 0.295 e. The molecule has 2 aromatic heterocycles. The molecule has 30 heavy (non-hydrogen) atoms. The van der Waals surface area contributed by atoms with Gasteiger partial charge in [0, 0.05) is 27.4 Å². The number of halogens is 1. The Morgan fingerprint density at radius 2 is 2.03 bits per heavy atom. The molecule has 5 nitrogen and oxygen atoms in total. The molecular weight excluding hydrogens is 464 g/mol. The van der Waals surface area contributed by atoms with Gasteiger partial charge < -0.3 is 9.15 Å². The minimum absolute atomic E-state index is 0.0124. The van der Waals surface area contributed by atoms with Gasteiger partial charge in [0.1, 0.15) is 5.58 Å². The summed E-state index contributed by atoms with van der Waals surface area (Å²) in [7, 11) is 0. The van der Waals surface area contributed by atoms with E-state index in [0.29, 0.717) is 23.0 Å². The first-order valence-corrected chi connectivity index (χ1v) is 11.5. The highest BCUT2D eigenvalue weighted by Gasteiger charge is 2.28. The molecule has 7 heteroatoms. The van der Waals surface area contributed by atoms with E-state index in [1.54, 1.807) is 11.0 Å². The predicted octanol–water partition coefficient (Wildman–Crippen LogP) is 6.14. The van der Waals surface area contributed by atoms with Crippen LogP contribution in [0.5, 0.6) is 0 Å². The Balaban J connectivity index is 1.48. The molecule has 1 atom stereocenters. The van der Waals surface area contributed by atoms with Gasteiger partial charge in [-0.25, -0.2) is 4.98 Å². The molecular formula is C23H19BrN2O3S. The van der Waals surface area contributed by atoms with E-state index >= 15 is 0 Å². The second-order valence-electron chi connectivity index (χ2n) is 7.22. The fourth-order valence-electron chi connectivity index (χ4n) is 3.60. The van der Waals surface area contributed by atoms with Gasteiger partial charge in [-0.1, -0.05) is 46.3 Å². The number of amides is 1. The van der Waals surface area contributed by atoms with Crippen LogP contribution in [-0.4, -0.2) is 30.1 Å². The van der Waals surface area contributed by atoms with Crippen LogP contribution >= 0.6 is 27.3 Å². The van der Waals surface area contributed by atoms with Crippen molar-refractivity contribution in [2.24, 2.45) is 0 Å². The van der Waals surface area contributed by atoms with E-state index in [1.165, 1.54) is 11.3 Å². The van der Waals surface area contributed by atoms with Gasteiger partial charge in [-0.2, -0.15) is 0 Å². The number of anilines is 1. The number of fused-ring (bicyclic) bond motifs is 1. The third-order valence-corrected chi connectivity index (χ3v) is 6.55. The molecule has 1 fully saturated rings. The van der Waals surface area contributed by atoms with Crippen LogP contribution < -0.4 is 4.90 Å². The van der Waals surface area contributed by atoms with E-state index in [9.17, 15) is 4.79 Å². The van der Waals surface area contributed by atoms with E-state index in [0.717, 1.165) is 40.6 Å². The average Bonchev–Trinajstić information content (AvgIpc) is 3.52. The zero-order chi connectivity index (χ0) is 20.5. The van der Waals surface area contributed by atoms with Crippen molar-refractivity contribution in [1.29, 1.82) is 0 Å². The van der Waals surface area contributed by atoms with Gasteiger partial charge in [0.25, 0.3) is 5.91 Å². The highest BCUT2D eigenvalue weighted by atomic mass is 79.9.